The van der Waals surface area contributed by atoms with Crippen molar-refractivity contribution < 1.29 is 23.9 Å². The second-order valence-corrected chi connectivity index (χ2v) is 8.25. The first kappa shape index (κ1) is 23.3. The Morgan fingerprint density at radius 1 is 1.09 bits per heavy atom. The SMILES string of the molecule is CC(NC(=O)CN1C(=O)COc2ccc(C(=O)COc3ccc(Cl)cc3)cc21)c1ccccc1. The van der Waals surface area contributed by atoms with Crippen LogP contribution < -0.4 is 19.7 Å². The number of nitrogens with one attached hydrogen (secondary N) is 1. The topological polar surface area (TPSA) is 84.9 Å². The highest BCUT2D eigenvalue weighted by Crippen LogP contribution is 2.33. The fourth-order valence-electron chi connectivity index (χ4n) is 3.57. The third kappa shape index (κ3) is 5.55. The van der Waals surface area contributed by atoms with Gasteiger partial charge in [0.15, 0.2) is 19.0 Å². The van der Waals surface area contributed by atoms with Crippen molar-refractivity contribution in [1.82, 2.24) is 5.32 Å². The van der Waals surface area contributed by atoms with Crippen molar-refractivity contribution in [2.75, 3.05) is 24.7 Å². The maximum atomic E-state index is 12.7. The Kier molecular flexibility index (Phi) is 7.13. The maximum absolute atomic E-state index is 12.7. The largest absolute Gasteiger partial charge is 0.485 e. The Morgan fingerprint density at radius 3 is 2.56 bits per heavy atom. The van der Waals surface area contributed by atoms with Gasteiger partial charge in [-0.25, -0.2) is 0 Å². The Hall–Kier alpha value is -3.84. The van der Waals surface area contributed by atoms with Gasteiger partial charge in [0.2, 0.25) is 5.91 Å². The summed E-state index contributed by atoms with van der Waals surface area (Å²) >= 11 is 5.86. The summed E-state index contributed by atoms with van der Waals surface area (Å²) in [7, 11) is 0. The number of Topliss-reactive ketones (excluding diaryl/α,β-unsaturated/α-hetero) is 1. The molecule has 3 aromatic carbocycles. The zero-order valence-corrected chi connectivity index (χ0v) is 19.2. The monoisotopic (exact) mass is 478 g/mol. The van der Waals surface area contributed by atoms with Crippen LogP contribution >= 0.6 is 11.6 Å². The van der Waals surface area contributed by atoms with Crippen LogP contribution in [-0.4, -0.2) is 37.4 Å². The molecule has 0 bridgehead atoms. The summed E-state index contributed by atoms with van der Waals surface area (Å²) in [5.41, 5.74) is 1.67. The van der Waals surface area contributed by atoms with E-state index >= 15 is 0 Å². The van der Waals surface area contributed by atoms with E-state index in [1.807, 2.05) is 37.3 Å². The van der Waals surface area contributed by atoms with Crippen molar-refractivity contribution in [3.8, 4) is 11.5 Å². The number of halogens is 1. The number of fused-ring (bicyclic) bond motifs is 1. The third-order valence-corrected chi connectivity index (χ3v) is 5.64. The zero-order valence-electron chi connectivity index (χ0n) is 18.5. The molecule has 0 aliphatic carbocycles. The summed E-state index contributed by atoms with van der Waals surface area (Å²) in [5, 5.41) is 3.47. The van der Waals surface area contributed by atoms with Gasteiger partial charge >= 0.3 is 0 Å². The highest BCUT2D eigenvalue weighted by molar-refractivity contribution is 6.30. The lowest BCUT2D eigenvalue weighted by Gasteiger charge is -2.29. The zero-order chi connectivity index (χ0) is 24.1. The van der Waals surface area contributed by atoms with E-state index in [1.165, 1.54) is 4.90 Å². The molecule has 0 saturated carbocycles. The Bertz CT molecular complexity index is 1200. The molecule has 1 atom stereocenters. The number of nitrogens with zero attached hydrogens (tertiary/aromatic N) is 1. The van der Waals surface area contributed by atoms with Crippen LogP contribution in [0.1, 0.15) is 28.9 Å². The maximum Gasteiger partial charge on any atom is 0.265 e. The van der Waals surface area contributed by atoms with E-state index < -0.39 is 0 Å². The van der Waals surface area contributed by atoms with Crippen LogP contribution in [0.3, 0.4) is 0 Å². The molecule has 1 heterocycles. The van der Waals surface area contributed by atoms with Crippen LogP contribution in [0.15, 0.2) is 72.8 Å². The molecule has 2 amide bonds. The molecule has 0 saturated heterocycles. The lowest BCUT2D eigenvalue weighted by atomic mass is 10.1. The molecule has 1 N–H and O–H groups in total. The molecule has 174 valence electrons. The predicted octanol–water partition coefficient (Wildman–Crippen LogP) is 4.20. The van der Waals surface area contributed by atoms with Gasteiger partial charge in [0, 0.05) is 10.6 Å². The van der Waals surface area contributed by atoms with Crippen molar-refractivity contribution in [1.29, 1.82) is 0 Å². The van der Waals surface area contributed by atoms with Crippen molar-refractivity contribution in [3.63, 3.8) is 0 Å². The van der Waals surface area contributed by atoms with Crippen LogP contribution in [-0.2, 0) is 9.59 Å². The molecule has 1 aliphatic rings. The Morgan fingerprint density at radius 2 is 1.82 bits per heavy atom. The number of ketones is 1. The highest BCUT2D eigenvalue weighted by atomic mass is 35.5. The second-order valence-electron chi connectivity index (χ2n) is 7.82. The van der Waals surface area contributed by atoms with Gasteiger partial charge < -0.3 is 14.8 Å². The number of hydrogen-bond donors (Lipinski definition) is 1. The van der Waals surface area contributed by atoms with Gasteiger partial charge in [-0.05, 0) is 55.0 Å². The highest BCUT2D eigenvalue weighted by Gasteiger charge is 2.28. The molecule has 0 aromatic heterocycles. The summed E-state index contributed by atoms with van der Waals surface area (Å²) < 4.78 is 11.0. The smallest absolute Gasteiger partial charge is 0.265 e. The van der Waals surface area contributed by atoms with Crippen LogP contribution in [0.25, 0.3) is 0 Å². The molecule has 4 rings (SSSR count). The molecule has 8 heteroatoms. The molecular formula is C26H23ClN2O5. The first-order valence-electron chi connectivity index (χ1n) is 10.7. The summed E-state index contributed by atoms with van der Waals surface area (Å²) in [6, 6.07) is 20.8. The molecule has 1 unspecified atom stereocenters. The van der Waals surface area contributed by atoms with Gasteiger partial charge in [-0.3, -0.25) is 19.3 Å². The molecule has 7 nitrogen and oxygen atoms in total. The lowest BCUT2D eigenvalue weighted by Crippen LogP contribution is -2.45. The molecule has 34 heavy (non-hydrogen) atoms. The fourth-order valence-corrected chi connectivity index (χ4v) is 3.69. The average Bonchev–Trinajstić information content (AvgIpc) is 2.85. The summed E-state index contributed by atoms with van der Waals surface area (Å²) in [6.07, 6.45) is 0. The summed E-state index contributed by atoms with van der Waals surface area (Å²) in [5.74, 6) is -0.0195. The third-order valence-electron chi connectivity index (χ3n) is 5.39. The van der Waals surface area contributed by atoms with Crippen LogP contribution in [0.5, 0.6) is 11.5 Å². The summed E-state index contributed by atoms with van der Waals surface area (Å²) in [4.78, 5) is 39.3. The van der Waals surface area contributed by atoms with Gasteiger partial charge in [-0.1, -0.05) is 41.9 Å². The van der Waals surface area contributed by atoms with Gasteiger partial charge in [-0.2, -0.15) is 0 Å². The van der Waals surface area contributed by atoms with Crippen molar-refractivity contribution in [2.24, 2.45) is 0 Å². The van der Waals surface area contributed by atoms with E-state index in [9.17, 15) is 14.4 Å². The molecule has 0 fully saturated rings. The van der Waals surface area contributed by atoms with Crippen molar-refractivity contribution in [2.45, 2.75) is 13.0 Å². The molecule has 0 spiro atoms. The predicted molar refractivity (Wildman–Crippen MR) is 129 cm³/mol. The molecular weight excluding hydrogens is 456 g/mol. The lowest BCUT2D eigenvalue weighted by molar-refractivity contribution is -0.125. The van der Waals surface area contributed by atoms with E-state index in [-0.39, 0.29) is 43.4 Å². The van der Waals surface area contributed by atoms with E-state index in [0.29, 0.717) is 27.8 Å². The number of ether oxygens (including phenoxy) is 2. The van der Waals surface area contributed by atoms with Crippen molar-refractivity contribution >= 4 is 34.9 Å². The molecule has 3 aromatic rings. The number of anilines is 1. The molecule has 0 radical (unpaired) electrons. The van der Waals surface area contributed by atoms with E-state index in [0.717, 1.165) is 5.56 Å². The Balaban J connectivity index is 1.45. The van der Waals surface area contributed by atoms with E-state index in [2.05, 4.69) is 5.32 Å². The van der Waals surface area contributed by atoms with Crippen LogP contribution in [0.4, 0.5) is 5.69 Å². The number of rotatable bonds is 8. The first-order chi connectivity index (χ1) is 16.4. The van der Waals surface area contributed by atoms with E-state index in [4.69, 9.17) is 21.1 Å². The van der Waals surface area contributed by atoms with Gasteiger partial charge in [0.05, 0.1) is 11.7 Å². The first-order valence-corrected chi connectivity index (χ1v) is 11.1. The summed E-state index contributed by atoms with van der Waals surface area (Å²) in [6.45, 7) is 1.32. The van der Waals surface area contributed by atoms with Gasteiger partial charge in [0.25, 0.3) is 5.91 Å². The van der Waals surface area contributed by atoms with Crippen molar-refractivity contribution in [3.05, 3.63) is 88.9 Å². The van der Waals surface area contributed by atoms with Crippen LogP contribution in [0, 0.1) is 0 Å². The standard InChI is InChI=1S/C26H23ClN2O5/c1-17(18-5-3-2-4-6-18)28-25(31)14-29-22-13-19(7-12-24(22)34-16-26(29)32)23(30)15-33-21-10-8-20(27)9-11-21/h2-13,17H,14-16H2,1H3,(H,28,31). The fraction of sp³-hybridized carbons (Fsp3) is 0.192. The minimum absolute atomic E-state index is 0.179. The number of hydrogen-bond acceptors (Lipinski definition) is 5. The second kappa shape index (κ2) is 10.4. The normalized spacial score (nSPS) is 13.5. The number of benzene rings is 3. The van der Waals surface area contributed by atoms with Gasteiger partial charge in [0.1, 0.15) is 18.0 Å². The molecule has 1 aliphatic heterocycles. The van der Waals surface area contributed by atoms with Crippen LogP contribution in [0.2, 0.25) is 5.02 Å². The number of carbonyl (C=O) groups excluding carboxylic acids is 3. The minimum Gasteiger partial charge on any atom is -0.485 e. The minimum atomic E-state index is -0.364. The van der Waals surface area contributed by atoms with E-state index in [1.54, 1.807) is 42.5 Å². The average molecular weight is 479 g/mol. The quantitative estimate of drug-likeness (QED) is 0.490. The number of carbonyl (C=O) groups is 3. The number of amides is 2. The Labute approximate surface area is 202 Å². The van der Waals surface area contributed by atoms with Gasteiger partial charge in [-0.15, -0.1) is 0 Å².